The van der Waals surface area contributed by atoms with Crippen molar-refractivity contribution in [3.63, 3.8) is 0 Å². The van der Waals surface area contributed by atoms with Gasteiger partial charge in [0.25, 0.3) is 0 Å². The Labute approximate surface area is 196 Å². The largest absolute Gasteiger partial charge is 0.490 e. The van der Waals surface area contributed by atoms with Crippen LogP contribution in [0.25, 0.3) is 0 Å². The highest BCUT2D eigenvalue weighted by Gasteiger charge is 2.44. The number of aliphatic carboxylic acids is 2. The summed E-state index contributed by atoms with van der Waals surface area (Å²) in [5, 5.41) is 17.7. The molecule has 2 aliphatic rings. The standard InChI is InChI=1S/C15H25N3OS.2C2HF3O2/c1-4-17-7-12-13(8-17)18(6-5-14(12)19-3)9-15-16-11(2)10-20-15;2*3-2(4,5)1(6)7/h10,12-14H,4-9H2,1-3H3;2*(H,6,7)/t12-,13+,14+;;/m0../s1. The number of nitrogens with zero attached hydrogens (tertiary/aromatic N) is 3. The third kappa shape index (κ3) is 9.35. The van der Waals surface area contributed by atoms with Gasteiger partial charge in [0, 0.05) is 49.8 Å². The van der Waals surface area contributed by atoms with E-state index in [1.54, 1.807) is 11.3 Å². The van der Waals surface area contributed by atoms with Crippen LogP contribution >= 0.6 is 11.3 Å². The van der Waals surface area contributed by atoms with Gasteiger partial charge in [-0.25, -0.2) is 14.6 Å². The zero-order valence-electron chi connectivity index (χ0n) is 18.7. The Morgan fingerprint density at radius 1 is 1.15 bits per heavy atom. The van der Waals surface area contributed by atoms with Crippen LogP contribution in [0.5, 0.6) is 0 Å². The molecule has 3 rings (SSSR count). The third-order valence-electron chi connectivity index (χ3n) is 5.30. The Morgan fingerprint density at radius 2 is 1.68 bits per heavy atom. The van der Waals surface area contributed by atoms with Crippen molar-refractivity contribution < 1.29 is 50.9 Å². The fourth-order valence-corrected chi connectivity index (χ4v) is 4.51. The maximum atomic E-state index is 10.6. The number of thiazole rings is 1. The van der Waals surface area contributed by atoms with Crippen LogP contribution in [0.4, 0.5) is 26.3 Å². The van der Waals surface area contributed by atoms with E-state index in [-0.39, 0.29) is 0 Å². The van der Waals surface area contributed by atoms with Crippen molar-refractivity contribution in [2.75, 3.05) is 33.3 Å². The number of piperidine rings is 1. The number of carboxylic acids is 2. The van der Waals surface area contributed by atoms with Crippen molar-refractivity contribution >= 4 is 23.3 Å². The molecule has 196 valence electrons. The predicted molar refractivity (Wildman–Crippen MR) is 109 cm³/mol. The zero-order chi connectivity index (χ0) is 26.3. The fourth-order valence-electron chi connectivity index (χ4n) is 3.72. The molecule has 8 nitrogen and oxygen atoms in total. The minimum absolute atomic E-state index is 0.436. The van der Waals surface area contributed by atoms with Gasteiger partial charge < -0.3 is 19.8 Å². The van der Waals surface area contributed by atoms with Crippen molar-refractivity contribution in [3.05, 3.63) is 16.1 Å². The fraction of sp³-hybridized carbons (Fsp3) is 0.737. The smallest absolute Gasteiger partial charge is 0.475 e. The molecule has 2 fully saturated rings. The first-order valence-corrected chi connectivity index (χ1v) is 11.0. The Bertz CT molecular complexity index is 780. The number of likely N-dealkylation sites (tertiary alicyclic amines) is 2. The molecule has 3 heterocycles. The number of methoxy groups -OCH3 is 1. The Hall–Kier alpha value is -1.97. The molecular weight excluding hydrogens is 496 g/mol. The molecule has 0 aliphatic carbocycles. The summed E-state index contributed by atoms with van der Waals surface area (Å²) in [6, 6.07) is 0.637. The molecule has 2 aliphatic heterocycles. The predicted octanol–water partition coefficient (Wildman–Crippen LogP) is 3.26. The molecule has 2 N–H and O–H groups in total. The molecule has 0 radical (unpaired) electrons. The van der Waals surface area contributed by atoms with E-state index in [0.717, 1.165) is 31.7 Å². The van der Waals surface area contributed by atoms with E-state index in [4.69, 9.17) is 24.5 Å². The monoisotopic (exact) mass is 523 g/mol. The lowest BCUT2D eigenvalue weighted by atomic mass is 9.89. The molecule has 0 saturated carbocycles. The average Bonchev–Trinajstić information content (AvgIpc) is 3.34. The van der Waals surface area contributed by atoms with Crippen LogP contribution in [0, 0.1) is 12.8 Å². The van der Waals surface area contributed by atoms with Gasteiger partial charge >= 0.3 is 24.3 Å². The van der Waals surface area contributed by atoms with Crippen LogP contribution in [-0.2, 0) is 20.9 Å². The summed E-state index contributed by atoms with van der Waals surface area (Å²) >= 11 is 1.79. The molecular formula is C19H27F6N3O5S. The van der Waals surface area contributed by atoms with Crippen LogP contribution < -0.4 is 0 Å². The van der Waals surface area contributed by atoms with E-state index in [2.05, 4.69) is 34.0 Å². The average molecular weight is 523 g/mol. The quantitative estimate of drug-likeness (QED) is 0.580. The van der Waals surface area contributed by atoms with Crippen molar-refractivity contribution in [3.8, 4) is 0 Å². The first-order chi connectivity index (χ1) is 15.6. The summed E-state index contributed by atoms with van der Waals surface area (Å²) in [7, 11) is 1.87. The molecule has 1 aromatic heterocycles. The molecule has 3 atom stereocenters. The van der Waals surface area contributed by atoms with E-state index < -0.39 is 24.3 Å². The first-order valence-electron chi connectivity index (χ1n) is 10.1. The molecule has 2 saturated heterocycles. The van der Waals surface area contributed by atoms with E-state index in [9.17, 15) is 26.3 Å². The number of likely N-dealkylation sites (N-methyl/N-ethyl adjacent to an activating group) is 1. The molecule has 1 aromatic rings. The highest BCUT2D eigenvalue weighted by Crippen LogP contribution is 2.33. The van der Waals surface area contributed by atoms with Gasteiger partial charge in [0.1, 0.15) is 5.01 Å². The van der Waals surface area contributed by atoms with Gasteiger partial charge in [0.2, 0.25) is 0 Å². The topological polar surface area (TPSA) is 103 Å². The van der Waals surface area contributed by atoms with Gasteiger partial charge in [-0.1, -0.05) is 6.92 Å². The van der Waals surface area contributed by atoms with Crippen LogP contribution in [0.15, 0.2) is 5.38 Å². The second kappa shape index (κ2) is 12.7. The van der Waals surface area contributed by atoms with E-state index in [1.165, 1.54) is 18.1 Å². The summed E-state index contributed by atoms with van der Waals surface area (Å²) in [5.74, 6) is -4.85. The first kappa shape index (κ1) is 30.1. The van der Waals surface area contributed by atoms with Gasteiger partial charge in [-0.05, 0) is 19.9 Å². The molecule has 0 bridgehead atoms. The normalized spacial score (nSPS) is 23.3. The SMILES string of the molecule is CCN1C[C@H]2[C@@H](C1)N(Cc1nc(C)cs1)CC[C@H]2OC.O=C(O)C(F)(F)F.O=C(O)C(F)(F)F. The number of ether oxygens (including phenoxy) is 1. The van der Waals surface area contributed by atoms with Crippen molar-refractivity contribution in [2.24, 2.45) is 5.92 Å². The summed E-state index contributed by atoms with van der Waals surface area (Å²) in [4.78, 5) is 27.6. The molecule has 34 heavy (non-hydrogen) atoms. The Morgan fingerprint density at radius 3 is 2.06 bits per heavy atom. The highest BCUT2D eigenvalue weighted by atomic mass is 32.1. The zero-order valence-corrected chi connectivity index (χ0v) is 19.5. The molecule has 0 spiro atoms. The van der Waals surface area contributed by atoms with Crippen LogP contribution in [0.2, 0.25) is 0 Å². The Balaban J connectivity index is 0.000000343. The number of hydrogen-bond donors (Lipinski definition) is 2. The number of rotatable bonds is 4. The van der Waals surface area contributed by atoms with Gasteiger partial charge in [0.05, 0.1) is 12.6 Å². The van der Waals surface area contributed by atoms with Crippen LogP contribution in [0.1, 0.15) is 24.0 Å². The number of alkyl halides is 6. The van der Waals surface area contributed by atoms with Crippen molar-refractivity contribution in [1.82, 2.24) is 14.8 Å². The summed E-state index contributed by atoms with van der Waals surface area (Å²) in [5.41, 5.74) is 1.15. The van der Waals surface area contributed by atoms with Gasteiger partial charge in [-0.3, -0.25) is 4.90 Å². The second-order valence-corrected chi connectivity index (χ2v) is 8.55. The number of halogens is 6. The molecule has 0 unspecified atom stereocenters. The maximum absolute atomic E-state index is 10.6. The number of fused-ring (bicyclic) bond motifs is 1. The number of carbonyl (C=O) groups is 2. The summed E-state index contributed by atoms with van der Waals surface area (Å²) in [6.07, 6.45) is -8.58. The second-order valence-electron chi connectivity index (χ2n) is 7.61. The lowest BCUT2D eigenvalue weighted by Crippen LogP contribution is -2.50. The van der Waals surface area contributed by atoms with E-state index in [0.29, 0.717) is 18.1 Å². The van der Waals surface area contributed by atoms with E-state index in [1.807, 2.05) is 7.11 Å². The minimum atomic E-state index is -5.08. The number of aryl methyl sites for hydroxylation is 1. The Kier molecular flexibility index (Phi) is 11.2. The third-order valence-corrected chi connectivity index (χ3v) is 6.25. The van der Waals surface area contributed by atoms with Gasteiger partial charge in [-0.2, -0.15) is 26.3 Å². The molecule has 0 aromatic carbocycles. The van der Waals surface area contributed by atoms with E-state index >= 15 is 0 Å². The van der Waals surface area contributed by atoms with Crippen molar-refractivity contribution in [1.29, 1.82) is 0 Å². The lowest BCUT2D eigenvalue weighted by molar-refractivity contribution is -0.193. The van der Waals surface area contributed by atoms with Crippen LogP contribution in [-0.4, -0.2) is 94.7 Å². The van der Waals surface area contributed by atoms with Gasteiger partial charge in [-0.15, -0.1) is 11.3 Å². The lowest BCUT2D eigenvalue weighted by Gasteiger charge is -2.40. The number of hydrogen-bond acceptors (Lipinski definition) is 7. The highest BCUT2D eigenvalue weighted by molar-refractivity contribution is 7.09. The van der Waals surface area contributed by atoms with Crippen molar-refractivity contribution in [2.45, 2.75) is 51.3 Å². The summed E-state index contributed by atoms with van der Waals surface area (Å²) in [6.45, 7) is 10.00. The summed E-state index contributed by atoms with van der Waals surface area (Å²) < 4.78 is 69.2. The van der Waals surface area contributed by atoms with Crippen LogP contribution in [0.3, 0.4) is 0 Å². The molecule has 0 amide bonds. The number of carboxylic acid groups (broad SMARTS) is 2. The maximum Gasteiger partial charge on any atom is 0.490 e. The molecule has 15 heteroatoms. The van der Waals surface area contributed by atoms with Gasteiger partial charge in [0.15, 0.2) is 0 Å². The minimum Gasteiger partial charge on any atom is -0.475 e. The number of aromatic nitrogens is 1.